The van der Waals surface area contributed by atoms with Crippen LogP contribution in [-0.2, 0) is 11.3 Å². The number of amides is 2. The Kier molecular flexibility index (Phi) is 6.07. The van der Waals surface area contributed by atoms with E-state index in [1.165, 1.54) is 19.3 Å². The number of hydrogen-bond acceptors (Lipinski definition) is 3. The Morgan fingerprint density at radius 3 is 2.44 bits per heavy atom. The smallest absolute Gasteiger partial charge is 0.276 e. The molecule has 0 radical (unpaired) electrons. The first-order chi connectivity index (χ1) is 16.5. The molecule has 2 aliphatic rings. The van der Waals surface area contributed by atoms with Crippen molar-refractivity contribution < 1.29 is 14.3 Å². The van der Waals surface area contributed by atoms with Crippen LogP contribution in [0.3, 0.4) is 0 Å². The highest BCUT2D eigenvalue weighted by molar-refractivity contribution is 6.14. The molecule has 178 valence electrons. The van der Waals surface area contributed by atoms with E-state index in [1.807, 2.05) is 66.1 Å². The van der Waals surface area contributed by atoms with Crippen LogP contribution in [0.2, 0.25) is 0 Å². The van der Waals surface area contributed by atoms with E-state index in [0.29, 0.717) is 23.7 Å². The van der Waals surface area contributed by atoms with Crippen LogP contribution >= 0.6 is 0 Å². The maximum absolute atomic E-state index is 14.0. The molecular weight excluding hydrogens is 426 g/mol. The number of benzene rings is 2. The number of fused-ring (bicyclic) bond motifs is 3. The van der Waals surface area contributed by atoms with Gasteiger partial charge in [0.05, 0.1) is 19.3 Å². The van der Waals surface area contributed by atoms with Crippen LogP contribution in [0, 0.1) is 0 Å². The van der Waals surface area contributed by atoms with Crippen molar-refractivity contribution in [1.29, 1.82) is 0 Å². The lowest BCUT2D eigenvalue weighted by Crippen LogP contribution is -2.65. The van der Waals surface area contributed by atoms with Gasteiger partial charge >= 0.3 is 0 Å². The molecule has 1 aliphatic heterocycles. The summed E-state index contributed by atoms with van der Waals surface area (Å²) in [5.74, 6) is 0.272. The summed E-state index contributed by atoms with van der Waals surface area (Å²) >= 11 is 0. The summed E-state index contributed by atoms with van der Waals surface area (Å²) in [5, 5.41) is 4.33. The number of ether oxygens (including phenoxy) is 1. The summed E-state index contributed by atoms with van der Waals surface area (Å²) in [6.07, 6.45) is 7.94. The molecule has 2 amide bonds. The molecule has 1 atom stereocenters. The molecule has 1 N–H and O–H groups in total. The monoisotopic (exact) mass is 459 g/mol. The number of carbonyl (C=O) groups is 2. The summed E-state index contributed by atoms with van der Waals surface area (Å²) in [5.41, 5.74) is 1.06. The predicted octanol–water partition coefficient (Wildman–Crippen LogP) is 5.30. The van der Waals surface area contributed by atoms with Crippen molar-refractivity contribution in [3.63, 3.8) is 0 Å². The fraction of sp³-hybridized carbons (Fsp3) is 0.429. The molecule has 1 saturated carbocycles. The van der Waals surface area contributed by atoms with Gasteiger partial charge in [0.2, 0.25) is 5.91 Å². The minimum Gasteiger partial charge on any atom is -0.495 e. The number of hydrogen-bond donors (Lipinski definition) is 1. The molecule has 3 aromatic rings. The first kappa shape index (κ1) is 22.5. The molecule has 5 rings (SSSR count). The lowest BCUT2D eigenvalue weighted by Gasteiger charge is -2.45. The zero-order valence-corrected chi connectivity index (χ0v) is 20.0. The van der Waals surface area contributed by atoms with E-state index in [-0.39, 0.29) is 17.9 Å². The normalized spacial score (nSPS) is 21.6. The van der Waals surface area contributed by atoms with Crippen molar-refractivity contribution in [3.8, 4) is 5.75 Å². The van der Waals surface area contributed by atoms with Gasteiger partial charge in [0.15, 0.2) is 0 Å². The van der Waals surface area contributed by atoms with E-state index in [4.69, 9.17) is 4.74 Å². The van der Waals surface area contributed by atoms with Crippen molar-refractivity contribution in [2.45, 2.75) is 70.0 Å². The summed E-state index contributed by atoms with van der Waals surface area (Å²) in [7, 11) is 1.59. The zero-order chi connectivity index (χ0) is 23.7. The second kappa shape index (κ2) is 9.16. The van der Waals surface area contributed by atoms with Gasteiger partial charge in [-0.3, -0.25) is 14.5 Å². The summed E-state index contributed by atoms with van der Waals surface area (Å²) < 4.78 is 7.62. The highest BCUT2D eigenvalue weighted by Gasteiger charge is 2.49. The lowest BCUT2D eigenvalue weighted by molar-refractivity contribution is -0.127. The summed E-state index contributed by atoms with van der Waals surface area (Å²) in [6.45, 7) is 2.26. The van der Waals surface area contributed by atoms with E-state index in [0.717, 1.165) is 36.6 Å². The van der Waals surface area contributed by atoms with Gasteiger partial charge in [-0.15, -0.1) is 0 Å². The van der Waals surface area contributed by atoms with E-state index >= 15 is 0 Å². The van der Waals surface area contributed by atoms with Gasteiger partial charge < -0.3 is 14.6 Å². The number of methoxy groups -OCH3 is 1. The largest absolute Gasteiger partial charge is 0.495 e. The Morgan fingerprint density at radius 2 is 1.68 bits per heavy atom. The highest BCUT2D eigenvalue weighted by Crippen LogP contribution is 2.40. The van der Waals surface area contributed by atoms with E-state index in [1.54, 1.807) is 12.0 Å². The second-order valence-electron chi connectivity index (χ2n) is 9.78. The van der Waals surface area contributed by atoms with Gasteiger partial charge in [-0.25, -0.2) is 0 Å². The Balaban J connectivity index is 1.59. The van der Waals surface area contributed by atoms with Crippen LogP contribution in [0.1, 0.15) is 62.4 Å². The van der Waals surface area contributed by atoms with Crippen LogP contribution in [0.4, 0.5) is 5.69 Å². The van der Waals surface area contributed by atoms with E-state index in [9.17, 15) is 9.59 Å². The van der Waals surface area contributed by atoms with Crippen molar-refractivity contribution >= 4 is 28.4 Å². The number of para-hydroxylation sites is 3. The molecule has 1 aliphatic carbocycles. The third-order valence-electron chi connectivity index (χ3n) is 7.45. The third kappa shape index (κ3) is 3.85. The van der Waals surface area contributed by atoms with Gasteiger partial charge in [0.25, 0.3) is 5.91 Å². The molecule has 0 spiro atoms. The van der Waals surface area contributed by atoms with Crippen molar-refractivity contribution in [2.24, 2.45) is 0 Å². The minimum atomic E-state index is -1.11. The second-order valence-corrected chi connectivity index (χ2v) is 9.78. The van der Waals surface area contributed by atoms with Crippen LogP contribution < -0.4 is 15.0 Å². The molecule has 6 nitrogen and oxygen atoms in total. The maximum Gasteiger partial charge on any atom is 0.276 e. The van der Waals surface area contributed by atoms with Crippen molar-refractivity contribution in [2.75, 3.05) is 12.0 Å². The van der Waals surface area contributed by atoms with E-state index in [2.05, 4.69) is 5.32 Å². The Bertz CT molecular complexity index is 1210. The first-order valence-electron chi connectivity index (χ1n) is 12.4. The molecule has 1 fully saturated rings. The number of carbonyl (C=O) groups excluding carboxylic acids is 2. The minimum absolute atomic E-state index is 0.110. The van der Waals surface area contributed by atoms with E-state index < -0.39 is 5.54 Å². The summed E-state index contributed by atoms with van der Waals surface area (Å²) in [6, 6.07) is 17.5. The van der Waals surface area contributed by atoms with Gasteiger partial charge in [-0.05, 0) is 44.0 Å². The van der Waals surface area contributed by atoms with Crippen LogP contribution in [-0.4, -0.2) is 35.1 Å². The maximum atomic E-state index is 14.0. The first-order valence-corrected chi connectivity index (χ1v) is 12.4. The lowest BCUT2D eigenvalue weighted by atomic mass is 9.91. The Hall–Kier alpha value is -3.28. The predicted molar refractivity (Wildman–Crippen MR) is 134 cm³/mol. The van der Waals surface area contributed by atoms with Crippen molar-refractivity contribution in [1.82, 2.24) is 9.88 Å². The fourth-order valence-electron chi connectivity index (χ4n) is 5.58. The average Bonchev–Trinajstić information content (AvgIpc) is 3.19. The molecule has 1 aromatic heterocycles. The van der Waals surface area contributed by atoms with Gasteiger partial charge in [-0.1, -0.05) is 62.4 Å². The molecular formula is C28H33N3O3. The number of nitrogens with zero attached hydrogens (tertiary/aromatic N) is 2. The molecule has 34 heavy (non-hydrogen) atoms. The number of rotatable bonds is 4. The molecule has 0 saturated heterocycles. The number of aromatic nitrogens is 1. The van der Waals surface area contributed by atoms with Crippen molar-refractivity contribution in [3.05, 3.63) is 60.3 Å². The quantitative estimate of drug-likeness (QED) is 0.576. The van der Waals surface area contributed by atoms with Gasteiger partial charge in [0, 0.05) is 16.9 Å². The molecule has 2 heterocycles. The van der Waals surface area contributed by atoms with Crippen LogP contribution in [0.15, 0.2) is 54.6 Å². The van der Waals surface area contributed by atoms with Crippen LogP contribution in [0.25, 0.3) is 10.9 Å². The average molecular weight is 460 g/mol. The molecule has 6 heteroatoms. The SMILES string of the molecule is COc1ccccc1N1C(=O)c2cc3ccccc3n2CC1(C)C(=O)NC1CCCCCCC1. The standard InChI is InChI=1S/C28H33N3O3/c1-28(27(33)29-21-13-6-4-3-5-7-14-21)19-30-22-15-9-8-12-20(22)18-24(30)26(32)31(28)23-16-10-11-17-25(23)34-2/h8-12,15-18,21H,3-7,13-14,19H2,1-2H3,(H,29,33). The van der Waals surface area contributed by atoms with Gasteiger partial charge in [0.1, 0.15) is 17.0 Å². The fourth-order valence-corrected chi connectivity index (χ4v) is 5.58. The Labute approximate surface area is 200 Å². The number of nitrogens with one attached hydrogen (secondary N) is 1. The topological polar surface area (TPSA) is 63.6 Å². The third-order valence-corrected chi connectivity index (χ3v) is 7.45. The molecule has 1 unspecified atom stereocenters. The Morgan fingerprint density at radius 1 is 1.00 bits per heavy atom. The zero-order valence-electron chi connectivity index (χ0n) is 20.0. The highest BCUT2D eigenvalue weighted by atomic mass is 16.5. The molecule has 2 aromatic carbocycles. The molecule has 0 bridgehead atoms. The van der Waals surface area contributed by atoms with Crippen LogP contribution in [0.5, 0.6) is 5.75 Å². The van der Waals surface area contributed by atoms with Gasteiger partial charge in [-0.2, -0.15) is 0 Å². The number of anilines is 1. The summed E-state index contributed by atoms with van der Waals surface area (Å²) in [4.78, 5) is 29.7.